The second-order valence-electron chi connectivity index (χ2n) is 9.64. The molecule has 23 heavy (non-hydrogen) atoms. The lowest BCUT2D eigenvalue weighted by atomic mass is 9.49. The second-order valence-corrected chi connectivity index (χ2v) is 10.7. The molecule has 4 aliphatic rings. The first-order valence-corrected chi connectivity index (χ1v) is 10.4. The van der Waals surface area contributed by atoms with Crippen LogP contribution >= 0.6 is 32.9 Å². The highest BCUT2D eigenvalue weighted by Crippen LogP contribution is 2.59. The zero-order valence-electron chi connectivity index (χ0n) is 15.3. The smallest absolute Gasteiger partial charge is 0.143 e. The van der Waals surface area contributed by atoms with Gasteiger partial charge < -0.3 is 9.80 Å². The fourth-order valence-corrected chi connectivity index (χ4v) is 6.13. The van der Waals surface area contributed by atoms with E-state index < -0.39 is 0 Å². The summed E-state index contributed by atoms with van der Waals surface area (Å²) in [6.45, 7) is 2.53. The highest BCUT2D eigenvalue weighted by atomic mass is 79.9. The quantitative estimate of drug-likeness (QED) is 0.237. The first kappa shape index (κ1) is 20.2. The third kappa shape index (κ3) is 5.18. The van der Waals surface area contributed by atoms with Gasteiger partial charge in [0.05, 0.1) is 21.1 Å². The molecule has 136 valence electrons. The van der Waals surface area contributed by atoms with E-state index in [-0.39, 0.29) is 17.0 Å². The monoisotopic (exact) mass is 451 g/mol. The number of alkyl halides is 1. The average Bonchev–Trinajstić information content (AvgIpc) is 2.39. The van der Waals surface area contributed by atoms with Crippen molar-refractivity contribution in [3.05, 3.63) is 0 Å². The third-order valence-electron chi connectivity index (χ3n) is 6.55. The van der Waals surface area contributed by atoms with Crippen molar-refractivity contribution in [1.82, 2.24) is 5.32 Å². The highest BCUT2D eigenvalue weighted by molar-refractivity contribution is 9.09. The fraction of sp³-hybridized carbons (Fsp3) is 1.00. The van der Waals surface area contributed by atoms with Crippen molar-refractivity contribution in [2.24, 2.45) is 23.2 Å². The standard InChI is InChI=1S/C19H36BrN2.BrH/c1-22(2,3)18(20)6-4-5-7-21-14-19-11-15-8-16(12-19)10-17(9-15)13-19;/h15-18,21H,4-14H2,1-3H3;1H/q+1;. The molecule has 0 aromatic heterocycles. The van der Waals surface area contributed by atoms with Crippen LogP contribution in [0.2, 0.25) is 0 Å². The van der Waals surface area contributed by atoms with Gasteiger partial charge in [-0.3, -0.25) is 0 Å². The maximum absolute atomic E-state index is 3.83. The van der Waals surface area contributed by atoms with Gasteiger partial charge in [0.25, 0.3) is 0 Å². The SMILES string of the molecule is Br.C[N+](C)(C)C(Br)CCCCNCC12CC3CC(CC(C3)C1)C2. The van der Waals surface area contributed by atoms with Crippen molar-refractivity contribution in [3.8, 4) is 0 Å². The molecule has 4 bridgehead atoms. The summed E-state index contributed by atoms with van der Waals surface area (Å²) < 4.78 is 1.01. The Morgan fingerprint density at radius 1 is 1.00 bits per heavy atom. The number of hydrogen-bond acceptors (Lipinski definition) is 1. The first-order chi connectivity index (χ1) is 10.4. The van der Waals surface area contributed by atoms with Gasteiger partial charge in [0.1, 0.15) is 4.95 Å². The Hall–Kier alpha value is 0.880. The topological polar surface area (TPSA) is 12.0 Å². The van der Waals surface area contributed by atoms with Crippen LogP contribution in [0.4, 0.5) is 0 Å². The minimum absolute atomic E-state index is 0. The van der Waals surface area contributed by atoms with Gasteiger partial charge in [-0.25, -0.2) is 0 Å². The zero-order valence-corrected chi connectivity index (χ0v) is 18.6. The summed E-state index contributed by atoms with van der Waals surface area (Å²) in [6, 6.07) is 0. The maximum atomic E-state index is 3.83. The van der Waals surface area contributed by atoms with Crippen molar-refractivity contribution in [2.45, 2.75) is 62.7 Å². The van der Waals surface area contributed by atoms with E-state index in [1.807, 2.05) is 0 Å². The number of nitrogens with zero attached hydrogens (tertiary/aromatic N) is 1. The van der Waals surface area contributed by atoms with Crippen molar-refractivity contribution in [2.75, 3.05) is 34.2 Å². The van der Waals surface area contributed by atoms with Gasteiger partial charge >= 0.3 is 0 Å². The lowest BCUT2D eigenvalue weighted by Gasteiger charge is -2.57. The van der Waals surface area contributed by atoms with E-state index >= 15 is 0 Å². The van der Waals surface area contributed by atoms with Crippen LogP contribution in [0.1, 0.15) is 57.8 Å². The molecule has 0 radical (unpaired) electrons. The number of hydrogen-bond donors (Lipinski definition) is 1. The first-order valence-electron chi connectivity index (χ1n) is 9.52. The molecule has 0 spiro atoms. The van der Waals surface area contributed by atoms with Crippen LogP contribution in [0.5, 0.6) is 0 Å². The Morgan fingerprint density at radius 3 is 2.00 bits per heavy atom. The van der Waals surface area contributed by atoms with E-state index in [1.165, 1.54) is 51.6 Å². The molecule has 4 rings (SSSR count). The van der Waals surface area contributed by atoms with Gasteiger partial charge in [0, 0.05) is 13.0 Å². The molecule has 0 aromatic rings. The summed E-state index contributed by atoms with van der Waals surface area (Å²) in [7, 11) is 6.81. The molecule has 0 heterocycles. The van der Waals surface area contributed by atoms with Crippen LogP contribution in [0, 0.1) is 23.2 Å². The summed E-state index contributed by atoms with van der Waals surface area (Å²) in [4.78, 5) is 0.593. The van der Waals surface area contributed by atoms with Crippen molar-refractivity contribution < 1.29 is 4.48 Å². The number of quaternary nitrogens is 1. The second kappa shape index (κ2) is 8.05. The molecular weight excluding hydrogens is 416 g/mol. The van der Waals surface area contributed by atoms with Gasteiger partial charge in [-0.15, -0.1) is 17.0 Å². The Labute approximate surface area is 162 Å². The average molecular weight is 453 g/mol. The Bertz CT molecular complexity index is 343. The normalized spacial score (nSPS) is 36.8. The van der Waals surface area contributed by atoms with Crippen LogP contribution in [0.15, 0.2) is 0 Å². The molecule has 1 unspecified atom stereocenters. The summed E-state index contributed by atoms with van der Waals surface area (Å²) in [6.07, 6.45) is 13.3. The predicted octanol–water partition coefficient (Wildman–Crippen LogP) is 4.97. The molecule has 0 amide bonds. The van der Waals surface area contributed by atoms with E-state index in [0.29, 0.717) is 10.4 Å². The summed E-state index contributed by atoms with van der Waals surface area (Å²) in [5.41, 5.74) is 0.703. The van der Waals surface area contributed by atoms with Crippen LogP contribution in [0.25, 0.3) is 0 Å². The van der Waals surface area contributed by atoms with Crippen LogP contribution in [-0.4, -0.2) is 43.7 Å². The van der Waals surface area contributed by atoms with E-state index in [0.717, 1.165) is 22.2 Å². The van der Waals surface area contributed by atoms with Gasteiger partial charge in [-0.2, -0.15) is 0 Å². The predicted molar refractivity (Wildman–Crippen MR) is 108 cm³/mol. The largest absolute Gasteiger partial charge is 0.320 e. The summed E-state index contributed by atoms with van der Waals surface area (Å²) in [5, 5.41) is 3.83. The molecule has 1 N–H and O–H groups in total. The van der Waals surface area contributed by atoms with E-state index in [2.05, 4.69) is 42.4 Å². The molecular formula is C19H37Br2N2+. The molecule has 0 aromatic carbocycles. The molecule has 0 saturated heterocycles. The molecule has 4 aliphatic carbocycles. The number of nitrogens with one attached hydrogen (secondary N) is 1. The van der Waals surface area contributed by atoms with Gasteiger partial charge in [0.2, 0.25) is 0 Å². The number of halogens is 2. The Balaban J connectivity index is 0.00000192. The lowest BCUT2D eigenvalue weighted by Crippen LogP contribution is -2.50. The minimum Gasteiger partial charge on any atom is -0.320 e. The number of unbranched alkanes of at least 4 members (excludes halogenated alkanes) is 1. The third-order valence-corrected chi connectivity index (χ3v) is 8.24. The molecule has 0 aliphatic heterocycles. The summed E-state index contributed by atoms with van der Waals surface area (Å²) in [5.74, 6) is 3.27. The Kier molecular flexibility index (Phi) is 7.07. The van der Waals surface area contributed by atoms with Crippen molar-refractivity contribution in [1.29, 1.82) is 0 Å². The van der Waals surface area contributed by atoms with Gasteiger partial charge in [0.15, 0.2) is 0 Å². The van der Waals surface area contributed by atoms with E-state index in [1.54, 1.807) is 19.3 Å². The molecule has 4 heteroatoms. The van der Waals surface area contributed by atoms with Crippen LogP contribution < -0.4 is 5.32 Å². The Morgan fingerprint density at radius 2 is 1.52 bits per heavy atom. The fourth-order valence-electron chi connectivity index (χ4n) is 5.81. The zero-order chi connectivity index (χ0) is 15.8. The molecule has 2 nitrogen and oxygen atoms in total. The molecule has 4 saturated carbocycles. The molecule has 1 atom stereocenters. The van der Waals surface area contributed by atoms with Gasteiger partial charge in [-0.1, -0.05) is 0 Å². The maximum Gasteiger partial charge on any atom is 0.143 e. The number of rotatable bonds is 8. The van der Waals surface area contributed by atoms with E-state index in [4.69, 9.17) is 0 Å². The highest BCUT2D eigenvalue weighted by Gasteiger charge is 2.50. The van der Waals surface area contributed by atoms with Crippen LogP contribution in [0.3, 0.4) is 0 Å². The molecule has 4 fully saturated rings. The van der Waals surface area contributed by atoms with E-state index in [9.17, 15) is 0 Å². The van der Waals surface area contributed by atoms with Gasteiger partial charge in [-0.05, 0) is 97.0 Å². The van der Waals surface area contributed by atoms with Crippen molar-refractivity contribution >= 4 is 32.9 Å². The lowest BCUT2D eigenvalue weighted by molar-refractivity contribution is -0.879. The minimum atomic E-state index is 0. The summed E-state index contributed by atoms with van der Waals surface area (Å²) >= 11 is 3.83. The van der Waals surface area contributed by atoms with Crippen molar-refractivity contribution in [3.63, 3.8) is 0 Å². The van der Waals surface area contributed by atoms with Crippen LogP contribution in [-0.2, 0) is 0 Å².